The van der Waals surface area contributed by atoms with Gasteiger partial charge in [-0.1, -0.05) is 0 Å². The number of amides is 1. The molecule has 0 saturated heterocycles. The van der Waals surface area contributed by atoms with Gasteiger partial charge in [0.1, 0.15) is 5.82 Å². The van der Waals surface area contributed by atoms with E-state index in [9.17, 15) is 4.79 Å². The molecule has 1 fully saturated rings. The summed E-state index contributed by atoms with van der Waals surface area (Å²) in [6, 6.07) is 6.40. The zero-order chi connectivity index (χ0) is 15.8. The van der Waals surface area contributed by atoms with Gasteiger partial charge in [-0.05, 0) is 59.0 Å². The zero-order valence-electron chi connectivity index (χ0n) is 12.4. The predicted molar refractivity (Wildman–Crippen MR) is 93.1 cm³/mol. The molecule has 1 aliphatic heterocycles. The molecule has 118 valence electrons. The highest BCUT2D eigenvalue weighted by Gasteiger charge is 2.22. The van der Waals surface area contributed by atoms with E-state index in [0.29, 0.717) is 18.4 Å². The van der Waals surface area contributed by atoms with Crippen molar-refractivity contribution in [3.05, 3.63) is 34.4 Å². The molecule has 2 aliphatic rings. The number of rotatable bonds is 4. The van der Waals surface area contributed by atoms with Gasteiger partial charge in [0.2, 0.25) is 11.9 Å². The largest absolute Gasteiger partial charge is 0.366 e. The Morgan fingerprint density at radius 1 is 1.26 bits per heavy atom. The minimum Gasteiger partial charge on any atom is -0.366 e. The first-order chi connectivity index (χ1) is 11.2. The second-order valence-corrected chi connectivity index (χ2v) is 6.71. The second-order valence-electron chi connectivity index (χ2n) is 5.85. The second kappa shape index (κ2) is 5.81. The molecule has 7 heteroatoms. The third kappa shape index (κ3) is 3.29. The van der Waals surface area contributed by atoms with Crippen molar-refractivity contribution >= 4 is 45.0 Å². The Bertz CT molecular complexity index is 775. The number of nitrogens with one attached hydrogen (secondary N) is 3. The fraction of sp³-hybridized carbons (Fsp3) is 0.312. The molecule has 0 bridgehead atoms. The summed E-state index contributed by atoms with van der Waals surface area (Å²) in [5.74, 6) is 1.44. The normalized spacial score (nSPS) is 16.5. The summed E-state index contributed by atoms with van der Waals surface area (Å²) < 4.78 is 0.864. The molecule has 2 heterocycles. The summed E-state index contributed by atoms with van der Waals surface area (Å²) in [6.07, 6.45) is 5.41. The molecule has 1 aromatic carbocycles. The number of hydrogen-bond acceptors (Lipinski definition) is 5. The Morgan fingerprint density at radius 3 is 2.96 bits per heavy atom. The van der Waals surface area contributed by atoms with Crippen molar-refractivity contribution in [3.8, 4) is 0 Å². The summed E-state index contributed by atoms with van der Waals surface area (Å²) in [6.45, 7) is 0. The van der Waals surface area contributed by atoms with E-state index >= 15 is 0 Å². The first-order valence-electron chi connectivity index (χ1n) is 7.66. The van der Waals surface area contributed by atoms with E-state index in [1.165, 1.54) is 12.8 Å². The standard InChI is InChI=1S/C16H16BrN5O/c17-12-8-18-16(22-15(12)19-10-2-3-10)20-11-4-5-13-9(7-11)1-6-14(23)21-13/h4-5,7-8,10H,1-3,6H2,(H,21,23)(H2,18,19,20,22). The number of benzene rings is 1. The lowest BCUT2D eigenvalue weighted by atomic mass is 10.0. The molecule has 2 aromatic rings. The molecule has 23 heavy (non-hydrogen) atoms. The minimum absolute atomic E-state index is 0.0743. The first-order valence-corrected chi connectivity index (χ1v) is 8.45. The van der Waals surface area contributed by atoms with Gasteiger partial charge in [-0.25, -0.2) is 4.98 Å². The molecule has 0 atom stereocenters. The van der Waals surface area contributed by atoms with Crippen LogP contribution in [0.5, 0.6) is 0 Å². The molecule has 0 radical (unpaired) electrons. The van der Waals surface area contributed by atoms with E-state index in [2.05, 4.69) is 41.8 Å². The molecule has 1 aliphatic carbocycles. The molecule has 3 N–H and O–H groups in total. The van der Waals surface area contributed by atoms with Crippen molar-refractivity contribution in [1.82, 2.24) is 9.97 Å². The number of aryl methyl sites for hydroxylation is 1. The number of carbonyl (C=O) groups excluding carboxylic acids is 1. The molecule has 1 saturated carbocycles. The Balaban J connectivity index is 1.54. The number of anilines is 4. The van der Waals surface area contributed by atoms with Gasteiger partial charge < -0.3 is 16.0 Å². The van der Waals surface area contributed by atoms with Crippen molar-refractivity contribution in [2.45, 2.75) is 31.7 Å². The number of hydrogen-bond donors (Lipinski definition) is 3. The maximum absolute atomic E-state index is 11.4. The van der Waals surface area contributed by atoms with Crippen LogP contribution in [-0.2, 0) is 11.2 Å². The van der Waals surface area contributed by atoms with Crippen LogP contribution < -0.4 is 16.0 Å². The topological polar surface area (TPSA) is 78.9 Å². The SMILES string of the molecule is O=C1CCc2cc(Nc3ncc(Br)c(NC4CC4)n3)ccc2N1. The average molecular weight is 374 g/mol. The number of nitrogens with zero attached hydrogens (tertiary/aromatic N) is 2. The van der Waals surface area contributed by atoms with Crippen molar-refractivity contribution in [1.29, 1.82) is 0 Å². The molecule has 1 amide bonds. The van der Waals surface area contributed by atoms with Crippen LogP contribution in [0, 0.1) is 0 Å². The van der Waals surface area contributed by atoms with Gasteiger partial charge in [0.05, 0.1) is 4.47 Å². The number of aromatic nitrogens is 2. The lowest BCUT2D eigenvalue weighted by Crippen LogP contribution is -2.18. The maximum Gasteiger partial charge on any atom is 0.229 e. The fourth-order valence-electron chi connectivity index (χ4n) is 2.54. The summed E-state index contributed by atoms with van der Waals surface area (Å²) in [5, 5.41) is 9.49. The van der Waals surface area contributed by atoms with Crippen LogP contribution in [0.25, 0.3) is 0 Å². The first kappa shape index (κ1) is 14.4. The Kier molecular flexibility index (Phi) is 3.65. The van der Waals surface area contributed by atoms with Crippen LogP contribution in [0.2, 0.25) is 0 Å². The van der Waals surface area contributed by atoms with Gasteiger partial charge in [0, 0.05) is 30.0 Å². The summed E-state index contributed by atoms with van der Waals surface area (Å²) >= 11 is 3.47. The monoisotopic (exact) mass is 373 g/mol. The molecule has 4 rings (SSSR count). The smallest absolute Gasteiger partial charge is 0.229 e. The zero-order valence-corrected chi connectivity index (χ0v) is 14.0. The van der Waals surface area contributed by atoms with Crippen molar-refractivity contribution in [3.63, 3.8) is 0 Å². The maximum atomic E-state index is 11.4. The molecule has 0 unspecified atom stereocenters. The fourth-order valence-corrected chi connectivity index (χ4v) is 2.85. The van der Waals surface area contributed by atoms with Crippen LogP contribution in [0.1, 0.15) is 24.8 Å². The van der Waals surface area contributed by atoms with E-state index in [1.54, 1.807) is 6.20 Å². The molecule has 6 nitrogen and oxygen atoms in total. The van der Waals surface area contributed by atoms with Crippen molar-refractivity contribution < 1.29 is 4.79 Å². The molecule has 0 spiro atoms. The number of carbonyl (C=O) groups is 1. The van der Waals surface area contributed by atoms with Gasteiger partial charge in [-0.3, -0.25) is 4.79 Å². The van der Waals surface area contributed by atoms with E-state index in [-0.39, 0.29) is 5.91 Å². The van der Waals surface area contributed by atoms with E-state index in [4.69, 9.17) is 0 Å². The Hall–Kier alpha value is -2.15. The van der Waals surface area contributed by atoms with Gasteiger partial charge >= 0.3 is 0 Å². The lowest BCUT2D eigenvalue weighted by Gasteiger charge is -2.18. The van der Waals surface area contributed by atoms with Gasteiger partial charge in [0.25, 0.3) is 0 Å². The number of halogens is 1. The van der Waals surface area contributed by atoms with Gasteiger partial charge in [-0.2, -0.15) is 4.98 Å². The Morgan fingerprint density at radius 2 is 2.13 bits per heavy atom. The Labute approximate surface area is 142 Å². The average Bonchev–Trinajstić information content (AvgIpc) is 3.35. The molecular weight excluding hydrogens is 358 g/mol. The van der Waals surface area contributed by atoms with E-state index < -0.39 is 0 Å². The van der Waals surface area contributed by atoms with Gasteiger partial charge in [0.15, 0.2) is 0 Å². The third-order valence-electron chi connectivity index (χ3n) is 3.92. The van der Waals surface area contributed by atoms with Gasteiger partial charge in [-0.15, -0.1) is 0 Å². The highest BCUT2D eigenvalue weighted by Crippen LogP contribution is 2.30. The highest BCUT2D eigenvalue weighted by atomic mass is 79.9. The van der Waals surface area contributed by atoms with Crippen LogP contribution >= 0.6 is 15.9 Å². The van der Waals surface area contributed by atoms with Crippen LogP contribution in [0.15, 0.2) is 28.9 Å². The predicted octanol–water partition coefficient (Wildman–Crippen LogP) is 3.44. The molecule has 1 aromatic heterocycles. The van der Waals surface area contributed by atoms with E-state index in [1.807, 2.05) is 18.2 Å². The van der Waals surface area contributed by atoms with Crippen molar-refractivity contribution in [2.75, 3.05) is 16.0 Å². The quantitative estimate of drug-likeness (QED) is 0.764. The van der Waals surface area contributed by atoms with Crippen LogP contribution in [0.3, 0.4) is 0 Å². The third-order valence-corrected chi connectivity index (χ3v) is 4.50. The summed E-state index contributed by atoms with van der Waals surface area (Å²) in [4.78, 5) is 20.2. The van der Waals surface area contributed by atoms with Crippen LogP contribution in [0.4, 0.5) is 23.1 Å². The summed E-state index contributed by atoms with van der Waals surface area (Å²) in [5.41, 5.74) is 2.93. The van der Waals surface area contributed by atoms with E-state index in [0.717, 1.165) is 33.6 Å². The van der Waals surface area contributed by atoms with Crippen molar-refractivity contribution in [2.24, 2.45) is 0 Å². The lowest BCUT2D eigenvalue weighted by molar-refractivity contribution is -0.116. The highest BCUT2D eigenvalue weighted by molar-refractivity contribution is 9.10. The molecular formula is C16H16BrN5O. The number of fused-ring (bicyclic) bond motifs is 1. The van der Waals surface area contributed by atoms with Crippen LogP contribution in [-0.4, -0.2) is 21.9 Å². The summed E-state index contributed by atoms with van der Waals surface area (Å²) in [7, 11) is 0. The minimum atomic E-state index is 0.0743.